The molecule has 100 valence electrons. The van der Waals surface area contributed by atoms with Crippen LogP contribution in [0, 0.1) is 17.2 Å². The third kappa shape index (κ3) is 2.92. The molecular formula is C17H22N2. The van der Waals surface area contributed by atoms with Crippen LogP contribution in [0.25, 0.3) is 0 Å². The zero-order valence-electron chi connectivity index (χ0n) is 11.5. The molecule has 0 heterocycles. The highest BCUT2D eigenvalue weighted by Crippen LogP contribution is 2.28. The lowest BCUT2D eigenvalue weighted by atomic mass is 9.86. The number of hydrogen-bond acceptors (Lipinski definition) is 2. The highest BCUT2D eigenvalue weighted by molar-refractivity contribution is 5.50. The molecule has 2 aliphatic carbocycles. The van der Waals surface area contributed by atoms with Gasteiger partial charge in [0.05, 0.1) is 6.07 Å². The first kappa shape index (κ1) is 12.5. The molecule has 0 radical (unpaired) electrons. The number of aryl methyl sites for hydroxylation is 2. The number of benzene rings is 1. The van der Waals surface area contributed by atoms with Crippen LogP contribution in [0.3, 0.4) is 0 Å². The van der Waals surface area contributed by atoms with E-state index in [0.29, 0.717) is 12.0 Å². The summed E-state index contributed by atoms with van der Waals surface area (Å²) in [6.07, 6.45) is 9.55. The van der Waals surface area contributed by atoms with Crippen LogP contribution >= 0.6 is 0 Å². The molecule has 1 N–H and O–H groups in total. The van der Waals surface area contributed by atoms with E-state index in [4.69, 9.17) is 5.26 Å². The number of rotatable bonds is 2. The van der Waals surface area contributed by atoms with Gasteiger partial charge < -0.3 is 5.32 Å². The smallest absolute Gasteiger partial charge is 0.0655 e. The summed E-state index contributed by atoms with van der Waals surface area (Å²) in [4.78, 5) is 0. The van der Waals surface area contributed by atoms with Gasteiger partial charge in [-0.25, -0.2) is 0 Å². The highest BCUT2D eigenvalue weighted by atomic mass is 14.9. The minimum Gasteiger partial charge on any atom is -0.382 e. The fourth-order valence-corrected chi connectivity index (χ4v) is 3.43. The van der Waals surface area contributed by atoms with Crippen molar-refractivity contribution in [1.29, 1.82) is 5.26 Å². The maximum Gasteiger partial charge on any atom is 0.0655 e. The Morgan fingerprint density at radius 3 is 2.47 bits per heavy atom. The van der Waals surface area contributed by atoms with E-state index in [9.17, 15) is 0 Å². The molecule has 1 saturated carbocycles. The molecule has 3 rings (SSSR count). The van der Waals surface area contributed by atoms with Gasteiger partial charge in [0.15, 0.2) is 0 Å². The summed E-state index contributed by atoms with van der Waals surface area (Å²) in [6.45, 7) is 0. The maximum atomic E-state index is 8.93. The monoisotopic (exact) mass is 254 g/mol. The molecule has 2 heteroatoms. The van der Waals surface area contributed by atoms with Crippen LogP contribution in [0.5, 0.6) is 0 Å². The standard InChI is InChI=1S/C17H22N2/c18-12-13-5-8-16(9-6-13)19-17-10-7-14-3-1-2-4-15(14)11-17/h7,10-11,13,16,19H,1-6,8-9H2. The van der Waals surface area contributed by atoms with Crippen molar-refractivity contribution in [1.82, 2.24) is 0 Å². The molecule has 0 spiro atoms. The summed E-state index contributed by atoms with van der Waals surface area (Å²) in [5.41, 5.74) is 4.37. The van der Waals surface area contributed by atoms with Gasteiger partial charge in [0, 0.05) is 17.6 Å². The summed E-state index contributed by atoms with van der Waals surface area (Å²) in [6, 6.07) is 9.85. The van der Waals surface area contributed by atoms with Crippen molar-refractivity contribution in [3.63, 3.8) is 0 Å². The molecule has 1 fully saturated rings. The third-order valence-corrected chi connectivity index (χ3v) is 4.63. The second kappa shape index (κ2) is 5.65. The minimum absolute atomic E-state index is 0.293. The second-order valence-electron chi connectivity index (χ2n) is 6.01. The van der Waals surface area contributed by atoms with Gasteiger partial charge in [-0.1, -0.05) is 6.07 Å². The quantitative estimate of drug-likeness (QED) is 0.864. The van der Waals surface area contributed by atoms with Crippen LogP contribution in [0.2, 0.25) is 0 Å². The van der Waals surface area contributed by atoms with E-state index >= 15 is 0 Å². The zero-order valence-corrected chi connectivity index (χ0v) is 11.5. The lowest BCUT2D eigenvalue weighted by molar-refractivity contribution is 0.397. The van der Waals surface area contributed by atoms with Gasteiger partial charge in [-0.05, 0) is 74.6 Å². The molecule has 2 aliphatic rings. The molecule has 19 heavy (non-hydrogen) atoms. The first-order valence-corrected chi connectivity index (χ1v) is 7.63. The molecule has 0 bridgehead atoms. The van der Waals surface area contributed by atoms with Gasteiger partial charge in [0.2, 0.25) is 0 Å². The Morgan fingerprint density at radius 1 is 1.00 bits per heavy atom. The van der Waals surface area contributed by atoms with E-state index in [-0.39, 0.29) is 0 Å². The highest BCUT2D eigenvalue weighted by Gasteiger charge is 2.20. The Balaban J connectivity index is 1.63. The van der Waals surface area contributed by atoms with E-state index in [0.717, 1.165) is 25.7 Å². The van der Waals surface area contributed by atoms with Gasteiger partial charge >= 0.3 is 0 Å². The minimum atomic E-state index is 0.293. The molecule has 0 amide bonds. The fraction of sp³-hybridized carbons (Fsp3) is 0.588. The Bertz CT molecular complexity index is 479. The molecule has 1 aromatic rings. The van der Waals surface area contributed by atoms with E-state index < -0.39 is 0 Å². The largest absolute Gasteiger partial charge is 0.382 e. The first-order valence-electron chi connectivity index (χ1n) is 7.63. The van der Waals surface area contributed by atoms with Gasteiger partial charge in [-0.15, -0.1) is 0 Å². The lowest BCUT2D eigenvalue weighted by Crippen LogP contribution is -2.25. The van der Waals surface area contributed by atoms with Crippen molar-refractivity contribution >= 4 is 5.69 Å². The van der Waals surface area contributed by atoms with E-state index in [1.807, 2.05) is 0 Å². The summed E-state index contributed by atoms with van der Waals surface area (Å²) < 4.78 is 0. The van der Waals surface area contributed by atoms with Crippen molar-refractivity contribution in [3.8, 4) is 6.07 Å². The van der Waals surface area contributed by atoms with Crippen LogP contribution in [-0.4, -0.2) is 6.04 Å². The Morgan fingerprint density at radius 2 is 1.74 bits per heavy atom. The molecule has 0 aromatic heterocycles. The van der Waals surface area contributed by atoms with Gasteiger partial charge in [-0.2, -0.15) is 5.26 Å². The lowest BCUT2D eigenvalue weighted by Gasteiger charge is -2.27. The van der Waals surface area contributed by atoms with E-state index in [2.05, 4.69) is 29.6 Å². The number of hydrogen-bond donors (Lipinski definition) is 1. The van der Waals surface area contributed by atoms with E-state index in [1.54, 1.807) is 11.1 Å². The SMILES string of the molecule is N#CC1CCC(Nc2ccc3c(c2)CCCC3)CC1. The topological polar surface area (TPSA) is 35.8 Å². The molecule has 0 aliphatic heterocycles. The fourth-order valence-electron chi connectivity index (χ4n) is 3.43. The molecule has 0 atom stereocenters. The summed E-state index contributed by atoms with van der Waals surface area (Å²) >= 11 is 0. The molecule has 2 nitrogen and oxygen atoms in total. The van der Waals surface area contributed by atoms with Gasteiger partial charge in [-0.3, -0.25) is 0 Å². The van der Waals surface area contributed by atoms with Crippen LogP contribution in [0.15, 0.2) is 18.2 Å². The van der Waals surface area contributed by atoms with Crippen LogP contribution in [0.4, 0.5) is 5.69 Å². The van der Waals surface area contributed by atoms with Crippen LogP contribution in [-0.2, 0) is 12.8 Å². The summed E-state index contributed by atoms with van der Waals surface area (Å²) in [5, 5.41) is 12.6. The number of nitriles is 1. The number of fused-ring (bicyclic) bond motifs is 1. The molecular weight excluding hydrogens is 232 g/mol. The van der Waals surface area contributed by atoms with Crippen molar-refractivity contribution in [3.05, 3.63) is 29.3 Å². The van der Waals surface area contributed by atoms with Crippen molar-refractivity contribution in [2.75, 3.05) is 5.32 Å². The Kier molecular flexibility index (Phi) is 3.73. The predicted molar refractivity (Wildman–Crippen MR) is 78.1 cm³/mol. The van der Waals surface area contributed by atoms with Crippen molar-refractivity contribution in [2.45, 2.75) is 57.4 Å². The Labute approximate surface area is 115 Å². The number of nitrogens with zero attached hydrogens (tertiary/aromatic N) is 1. The van der Waals surface area contributed by atoms with Gasteiger partial charge in [0.1, 0.15) is 0 Å². The molecule has 0 unspecified atom stereocenters. The normalized spacial score (nSPS) is 26.3. The second-order valence-corrected chi connectivity index (χ2v) is 6.01. The van der Waals surface area contributed by atoms with Gasteiger partial charge in [0.25, 0.3) is 0 Å². The Hall–Kier alpha value is -1.49. The maximum absolute atomic E-state index is 8.93. The van der Waals surface area contributed by atoms with E-state index in [1.165, 1.54) is 31.4 Å². The van der Waals surface area contributed by atoms with Crippen LogP contribution < -0.4 is 5.32 Å². The third-order valence-electron chi connectivity index (χ3n) is 4.63. The summed E-state index contributed by atoms with van der Waals surface area (Å²) in [5.74, 6) is 0.293. The number of nitrogens with one attached hydrogen (secondary N) is 1. The summed E-state index contributed by atoms with van der Waals surface area (Å²) in [7, 11) is 0. The van der Waals surface area contributed by atoms with Crippen LogP contribution in [0.1, 0.15) is 49.7 Å². The average molecular weight is 254 g/mol. The molecule has 0 saturated heterocycles. The first-order chi connectivity index (χ1) is 9.35. The molecule has 1 aromatic carbocycles. The average Bonchev–Trinajstić information content (AvgIpc) is 2.48. The number of anilines is 1. The van der Waals surface area contributed by atoms with Crippen molar-refractivity contribution < 1.29 is 0 Å². The predicted octanol–water partition coefficient (Wildman–Crippen LogP) is 4.06. The van der Waals surface area contributed by atoms with Crippen molar-refractivity contribution in [2.24, 2.45) is 5.92 Å². The zero-order chi connectivity index (χ0) is 13.1.